The average Bonchev–Trinajstić information content (AvgIpc) is 2.66. The first-order chi connectivity index (χ1) is 13.4. The molecule has 1 amide bonds. The Morgan fingerprint density at radius 2 is 1.86 bits per heavy atom. The second-order valence-electron chi connectivity index (χ2n) is 6.26. The molecule has 0 aliphatic heterocycles. The normalized spacial score (nSPS) is 10.7. The van der Waals surface area contributed by atoms with E-state index in [4.69, 9.17) is 11.6 Å². The molecule has 1 aromatic heterocycles. The van der Waals surface area contributed by atoms with Gasteiger partial charge in [-0.25, -0.2) is 4.79 Å². The fourth-order valence-corrected chi connectivity index (χ4v) is 2.93. The molecule has 144 valence electrons. The SMILES string of the molecule is CCNC(=O)c1nn(-c2ccc(C)cc2)c(=O)n(Cc2cccc(Cl)c2)c1=O. The first-order valence-corrected chi connectivity index (χ1v) is 9.12. The van der Waals surface area contributed by atoms with Crippen molar-refractivity contribution in [2.75, 3.05) is 6.54 Å². The van der Waals surface area contributed by atoms with Crippen LogP contribution in [-0.4, -0.2) is 26.8 Å². The number of aryl methyl sites for hydroxylation is 1. The Morgan fingerprint density at radius 1 is 1.14 bits per heavy atom. The number of halogens is 1. The minimum atomic E-state index is -0.751. The highest BCUT2D eigenvalue weighted by Gasteiger charge is 2.20. The van der Waals surface area contributed by atoms with Crippen molar-refractivity contribution < 1.29 is 4.79 Å². The lowest BCUT2D eigenvalue weighted by Crippen LogP contribution is -2.46. The number of rotatable bonds is 5. The number of aromatic nitrogens is 3. The third-order valence-electron chi connectivity index (χ3n) is 4.12. The Balaban J connectivity index is 2.21. The molecule has 0 saturated carbocycles. The van der Waals surface area contributed by atoms with Crippen LogP contribution in [0.15, 0.2) is 58.1 Å². The van der Waals surface area contributed by atoms with Gasteiger partial charge in [-0.1, -0.05) is 41.4 Å². The summed E-state index contributed by atoms with van der Waals surface area (Å²) >= 11 is 6.01. The second kappa shape index (κ2) is 8.22. The molecular formula is C20H19ClN4O3. The minimum Gasteiger partial charge on any atom is -0.351 e. The molecule has 0 aliphatic carbocycles. The predicted molar refractivity (Wildman–Crippen MR) is 107 cm³/mol. The zero-order valence-electron chi connectivity index (χ0n) is 15.5. The molecule has 0 aliphatic rings. The zero-order chi connectivity index (χ0) is 20.3. The van der Waals surface area contributed by atoms with Crippen LogP contribution >= 0.6 is 11.6 Å². The standard InChI is InChI=1S/C20H19ClN4O3/c1-3-22-18(26)17-19(27)24(12-14-5-4-6-15(21)11-14)20(28)25(23-17)16-9-7-13(2)8-10-16/h4-11H,3,12H2,1-2H3,(H,22,26). The lowest BCUT2D eigenvalue weighted by Gasteiger charge is -2.12. The molecule has 0 unspecified atom stereocenters. The maximum Gasteiger partial charge on any atom is 0.352 e. The average molecular weight is 399 g/mol. The molecule has 0 bridgehead atoms. The largest absolute Gasteiger partial charge is 0.352 e. The van der Waals surface area contributed by atoms with E-state index in [-0.39, 0.29) is 12.2 Å². The number of hydrogen-bond donors (Lipinski definition) is 1. The molecule has 0 saturated heterocycles. The van der Waals surface area contributed by atoms with Crippen LogP contribution in [0.4, 0.5) is 0 Å². The van der Waals surface area contributed by atoms with Gasteiger partial charge >= 0.3 is 5.69 Å². The maximum absolute atomic E-state index is 13.0. The van der Waals surface area contributed by atoms with Gasteiger partial charge in [0.2, 0.25) is 5.69 Å². The van der Waals surface area contributed by atoms with Gasteiger partial charge in [-0.2, -0.15) is 9.78 Å². The molecule has 3 aromatic rings. The van der Waals surface area contributed by atoms with E-state index in [0.717, 1.165) is 14.8 Å². The van der Waals surface area contributed by atoms with Gasteiger partial charge in [0.15, 0.2) is 0 Å². The van der Waals surface area contributed by atoms with Gasteiger partial charge in [0.05, 0.1) is 12.2 Å². The van der Waals surface area contributed by atoms with Crippen molar-refractivity contribution in [1.82, 2.24) is 19.7 Å². The van der Waals surface area contributed by atoms with Crippen molar-refractivity contribution in [3.8, 4) is 5.69 Å². The van der Waals surface area contributed by atoms with Gasteiger partial charge in [0, 0.05) is 11.6 Å². The highest BCUT2D eigenvalue weighted by atomic mass is 35.5. The highest BCUT2D eigenvalue weighted by molar-refractivity contribution is 6.30. The minimum absolute atomic E-state index is 0.0288. The lowest BCUT2D eigenvalue weighted by atomic mass is 10.2. The molecule has 1 heterocycles. The molecule has 0 atom stereocenters. The van der Waals surface area contributed by atoms with Crippen molar-refractivity contribution in [1.29, 1.82) is 0 Å². The topological polar surface area (TPSA) is 86.0 Å². The summed E-state index contributed by atoms with van der Waals surface area (Å²) in [5.74, 6) is -0.631. The number of carbonyl (C=O) groups is 1. The molecule has 1 N–H and O–H groups in total. The number of hydrogen-bond acceptors (Lipinski definition) is 4. The fraction of sp³-hybridized carbons (Fsp3) is 0.200. The molecule has 8 heteroatoms. The molecule has 0 spiro atoms. The van der Waals surface area contributed by atoms with Gasteiger partial charge < -0.3 is 5.32 Å². The van der Waals surface area contributed by atoms with E-state index < -0.39 is 17.2 Å². The summed E-state index contributed by atoms with van der Waals surface area (Å²) in [5.41, 5.74) is 0.398. The van der Waals surface area contributed by atoms with E-state index >= 15 is 0 Å². The van der Waals surface area contributed by atoms with Crippen molar-refractivity contribution >= 4 is 17.5 Å². The molecule has 7 nitrogen and oxygen atoms in total. The third-order valence-corrected chi connectivity index (χ3v) is 4.36. The molecule has 0 fully saturated rings. The van der Waals surface area contributed by atoms with Crippen molar-refractivity contribution in [2.24, 2.45) is 0 Å². The fourth-order valence-electron chi connectivity index (χ4n) is 2.71. The Labute approximate surface area is 166 Å². The zero-order valence-corrected chi connectivity index (χ0v) is 16.2. The molecule has 0 radical (unpaired) electrons. The van der Waals surface area contributed by atoms with Gasteiger partial charge in [-0.15, -0.1) is 0 Å². The van der Waals surface area contributed by atoms with E-state index in [1.165, 1.54) is 0 Å². The summed E-state index contributed by atoms with van der Waals surface area (Å²) in [6.45, 7) is 3.95. The van der Waals surface area contributed by atoms with Crippen LogP contribution in [-0.2, 0) is 6.54 Å². The second-order valence-corrected chi connectivity index (χ2v) is 6.70. The molecular weight excluding hydrogens is 380 g/mol. The van der Waals surface area contributed by atoms with E-state index in [1.807, 2.05) is 19.1 Å². The predicted octanol–water partition coefficient (Wildman–Crippen LogP) is 2.15. The quantitative estimate of drug-likeness (QED) is 0.713. The van der Waals surface area contributed by atoms with E-state index in [1.54, 1.807) is 43.3 Å². The number of amides is 1. The first kappa shape index (κ1) is 19.6. The van der Waals surface area contributed by atoms with Crippen LogP contribution in [0, 0.1) is 6.92 Å². The van der Waals surface area contributed by atoms with E-state index in [2.05, 4.69) is 10.4 Å². The van der Waals surface area contributed by atoms with Crippen molar-refractivity contribution in [3.63, 3.8) is 0 Å². The molecule has 2 aromatic carbocycles. The van der Waals surface area contributed by atoms with Crippen LogP contribution in [0.2, 0.25) is 5.02 Å². The maximum atomic E-state index is 13.0. The van der Waals surface area contributed by atoms with Crippen LogP contribution in [0.1, 0.15) is 28.5 Å². The monoisotopic (exact) mass is 398 g/mol. The van der Waals surface area contributed by atoms with Crippen molar-refractivity contribution in [3.05, 3.63) is 91.2 Å². The van der Waals surface area contributed by atoms with Gasteiger partial charge in [-0.05, 0) is 43.7 Å². The van der Waals surface area contributed by atoms with Gasteiger partial charge in [0.25, 0.3) is 11.5 Å². The number of benzene rings is 2. The summed E-state index contributed by atoms with van der Waals surface area (Å²) in [5, 5.41) is 7.09. The highest BCUT2D eigenvalue weighted by Crippen LogP contribution is 2.11. The number of nitrogens with zero attached hydrogens (tertiary/aromatic N) is 3. The third kappa shape index (κ3) is 4.04. The van der Waals surface area contributed by atoms with Crippen LogP contribution in [0.3, 0.4) is 0 Å². The summed E-state index contributed by atoms with van der Waals surface area (Å²) in [4.78, 5) is 38.2. The van der Waals surface area contributed by atoms with E-state index in [0.29, 0.717) is 22.8 Å². The first-order valence-electron chi connectivity index (χ1n) is 8.74. The summed E-state index contributed by atoms with van der Waals surface area (Å²) in [6, 6.07) is 13.9. The summed E-state index contributed by atoms with van der Waals surface area (Å²) in [7, 11) is 0. The van der Waals surface area contributed by atoms with E-state index in [9.17, 15) is 14.4 Å². The Bertz CT molecular complexity index is 1130. The Kier molecular flexibility index (Phi) is 5.75. The van der Waals surface area contributed by atoms with Crippen LogP contribution in [0.25, 0.3) is 5.69 Å². The van der Waals surface area contributed by atoms with Crippen molar-refractivity contribution in [2.45, 2.75) is 20.4 Å². The summed E-state index contributed by atoms with van der Waals surface area (Å²) < 4.78 is 2.05. The molecule has 3 rings (SSSR count). The van der Waals surface area contributed by atoms with Gasteiger partial charge in [0.1, 0.15) is 0 Å². The van der Waals surface area contributed by atoms with Crippen LogP contribution in [0.5, 0.6) is 0 Å². The smallest absolute Gasteiger partial charge is 0.351 e. The van der Waals surface area contributed by atoms with Crippen LogP contribution < -0.4 is 16.6 Å². The summed E-state index contributed by atoms with van der Waals surface area (Å²) in [6.07, 6.45) is 0. The molecule has 28 heavy (non-hydrogen) atoms. The lowest BCUT2D eigenvalue weighted by molar-refractivity contribution is 0.0946. The number of nitrogens with one attached hydrogen (secondary N) is 1. The van der Waals surface area contributed by atoms with Gasteiger partial charge in [-0.3, -0.25) is 14.2 Å². The Morgan fingerprint density at radius 3 is 2.50 bits per heavy atom. The Hall–Kier alpha value is -3.19. The number of carbonyl (C=O) groups excluding carboxylic acids is 1.